The van der Waals surface area contributed by atoms with E-state index in [-0.39, 0.29) is 10.8 Å². The molecule has 0 spiro atoms. The molecule has 0 amide bonds. The Morgan fingerprint density at radius 3 is 2.57 bits per heavy atom. The van der Waals surface area contributed by atoms with Gasteiger partial charge in [-0.1, -0.05) is 34.9 Å². The number of hydrogen-bond acceptors (Lipinski definition) is 4. The molecular weight excluding hydrogens is 376 g/mol. The normalized spacial score (nSPS) is 18.2. The molecule has 1 aromatic carbocycles. The molecule has 1 aliphatic rings. The summed E-state index contributed by atoms with van der Waals surface area (Å²) < 4.78 is 5.93. The fourth-order valence-corrected chi connectivity index (χ4v) is 3.73. The quantitative estimate of drug-likeness (QED) is 0.429. The zero-order valence-electron chi connectivity index (χ0n) is 17.4. The van der Waals surface area contributed by atoms with Crippen LogP contribution >= 0.6 is 11.6 Å². The molecule has 1 heterocycles. The van der Waals surface area contributed by atoms with Crippen molar-refractivity contribution in [1.29, 1.82) is 0 Å². The number of ether oxygens (including phenoxy) is 1. The zero-order valence-corrected chi connectivity index (χ0v) is 18.2. The van der Waals surface area contributed by atoms with Gasteiger partial charge in [0.15, 0.2) is 6.29 Å². The van der Waals surface area contributed by atoms with Crippen molar-refractivity contribution in [2.24, 2.45) is 0 Å². The van der Waals surface area contributed by atoms with E-state index < -0.39 is 11.7 Å². The highest BCUT2D eigenvalue weighted by atomic mass is 35.5. The number of phenols is 1. The number of allylic oxidation sites excluding steroid dienone is 4. The summed E-state index contributed by atoms with van der Waals surface area (Å²) in [5, 5.41) is 21.5. The number of fused-ring (bicyclic) bond motifs is 1. The monoisotopic (exact) mass is 406 g/mol. The maximum Gasteiger partial charge on any atom is 0.154 e. The summed E-state index contributed by atoms with van der Waals surface area (Å²) in [5.41, 5.74) is 2.85. The Morgan fingerprint density at radius 2 is 1.96 bits per heavy atom. The lowest BCUT2D eigenvalue weighted by Crippen LogP contribution is -2.42. The largest absolute Gasteiger partial charge is 0.506 e. The molecule has 28 heavy (non-hydrogen) atoms. The molecule has 1 aromatic rings. The number of hydrogen-bond donors (Lipinski definition) is 2. The first-order valence-corrected chi connectivity index (χ1v) is 10.1. The molecule has 2 atom stereocenters. The lowest BCUT2D eigenvalue weighted by molar-refractivity contribution is -0.0435. The number of rotatable bonds is 8. The van der Waals surface area contributed by atoms with Crippen molar-refractivity contribution in [3.63, 3.8) is 0 Å². The molecule has 0 saturated carbocycles. The highest BCUT2D eigenvalue weighted by Gasteiger charge is 2.41. The molecule has 0 radical (unpaired) electrons. The third-order valence-corrected chi connectivity index (χ3v) is 5.90. The Kier molecular flexibility index (Phi) is 7.35. The fourth-order valence-electron chi connectivity index (χ4n) is 3.51. The van der Waals surface area contributed by atoms with Crippen molar-refractivity contribution in [3.8, 4) is 11.5 Å². The van der Waals surface area contributed by atoms with E-state index in [4.69, 9.17) is 16.3 Å². The molecule has 1 aliphatic heterocycles. The first kappa shape index (κ1) is 22.5. The van der Waals surface area contributed by atoms with Crippen molar-refractivity contribution in [2.75, 3.05) is 0 Å². The minimum atomic E-state index is -1.09. The number of aliphatic hydroxyl groups is 1. The molecule has 0 aromatic heterocycles. The van der Waals surface area contributed by atoms with Crippen LogP contribution in [-0.2, 0) is 6.42 Å². The van der Waals surface area contributed by atoms with Gasteiger partial charge in [-0.05, 0) is 65.9 Å². The van der Waals surface area contributed by atoms with Crippen LogP contribution < -0.4 is 4.74 Å². The van der Waals surface area contributed by atoms with Gasteiger partial charge in [0, 0.05) is 12.0 Å². The number of carbonyl (C=O) groups is 1. The minimum Gasteiger partial charge on any atom is -0.506 e. The van der Waals surface area contributed by atoms with Crippen LogP contribution in [0, 0.1) is 6.92 Å². The molecule has 4 nitrogen and oxygen atoms in total. The molecule has 2 rings (SSSR count). The van der Waals surface area contributed by atoms with Gasteiger partial charge in [-0.2, -0.15) is 0 Å². The SMILES string of the molecule is CC(C)=CCCC(C)=CCCC(C)(O)C1Cc2c(O)c(Cl)c(C)c(C=O)c2O1. The van der Waals surface area contributed by atoms with E-state index in [0.29, 0.717) is 41.6 Å². The summed E-state index contributed by atoms with van der Waals surface area (Å²) in [7, 11) is 0. The number of halogens is 1. The highest BCUT2D eigenvalue weighted by molar-refractivity contribution is 6.33. The van der Waals surface area contributed by atoms with Crippen LogP contribution in [0.3, 0.4) is 0 Å². The molecule has 0 saturated heterocycles. The van der Waals surface area contributed by atoms with Crippen molar-refractivity contribution < 1.29 is 19.7 Å². The van der Waals surface area contributed by atoms with Crippen LogP contribution in [0.2, 0.25) is 5.02 Å². The minimum absolute atomic E-state index is 0.0620. The lowest BCUT2D eigenvalue weighted by atomic mass is 9.89. The van der Waals surface area contributed by atoms with Gasteiger partial charge >= 0.3 is 0 Å². The van der Waals surface area contributed by atoms with Crippen molar-refractivity contribution >= 4 is 17.9 Å². The van der Waals surface area contributed by atoms with E-state index >= 15 is 0 Å². The standard InChI is InChI=1S/C23H31ClO4/c1-14(2)8-6-9-15(3)10-7-11-23(5,27)19-12-17-21(26)20(24)16(4)18(13-25)22(17)28-19/h8,10,13,19,26-27H,6-7,9,11-12H2,1-5H3. The Labute approximate surface area is 172 Å². The summed E-state index contributed by atoms with van der Waals surface area (Å²) in [6.45, 7) is 9.71. The second kappa shape index (κ2) is 9.15. The average molecular weight is 407 g/mol. The third-order valence-electron chi connectivity index (χ3n) is 5.44. The molecular formula is C23H31ClO4. The molecule has 0 bridgehead atoms. The van der Waals surface area contributed by atoms with Crippen molar-refractivity contribution in [2.45, 2.75) is 78.4 Å². The van der Waals surface area contributed by atoms with Gasteiger partial charge in [-0.15, -0.1) is 0 Å². The first-order valence-electron chi connectivity index (χ1n) is 9.75. The second-order valence-corrected chi connectivity index (χ2v) is 8.58. The zero-order chi connectivity index (χ0) is 21.1. The maximum atomic E-state index is 11.5. The molecule has 154 valence electrons. The lowest BCUT2D eigenvalue weighted by Gasteiger charge is -2.29. The number of aromatic hydroxyl groups is 1. The second-order valence-electron chi connectivity index (χ2n) is 8.20. The predicted octanol–water partition coefficient (Wildman–Crippen LogP) is 5.69. The van der Waals surface area contributed by atoms with Gasteiger partial charge < -0.3 is 14.9 Å². The van der Waals surface area contributed by atoms with Crippen LogP contribution in [-0.4, -0.2) is 28.2 Å². The predicted molar refractivity (Wildman–Crippen MR) is 114 cm³/mol. The number of carbonyl (C=O) groups excluding carboxylic acids is 1. The highest BCUT2D eigenvalue weighted by Crippen LogP contribution is 2.46. The van der Waals surface area contributed by atoms with E-state index in [1.807, 2.05) is 0 Å². The van der Waals surface area contributed by atoms with Crippen LogP contribution in [0.15, 0.2) is 23.3 Å². The fraction of sp³-hybridized carbons (Fsp3) is 0.522. The van der Waals surface area contributed by atoms with Crippen molar-refractivity contribution in [3.05, 3.63) is 45.0 Å². The van der Waals surface area contributed by atoms with E-state index in [0.717, 1.165) is 19.3 Å². The van der Waals surface area contributed by atoms with E-state index in [1.54, 1.807) is 13.8 Å². The van der Waals surface area contributed by atoms with Gasteiger partial charge in [0.1, 0.15) is 17.6 Å². The van der Waals surface area contributed by atoms with E-state index in [9.17, 15) is 15.0 Å². The number of benzene rings is 1. The summed E-state index contributed by atoms with van der Waals surface area (Å²) in [6, 6.07) is 0. The van der Waals surface area contributed by atoms with Gasteiger partial charge in [0.25, 0.3) is 0 Å². The van der Waals surface area contributed by atoms with E-state index in [2.05, 4.69) is 32.9 Å². The van der Waals surface area contributed by atoms with Gasteiger partial charge in [-0.25, -0.2) is 0 Å². The molecule has 0 aliphatic carbocycles. The van der Waals surface area contributed by atoms with Crippen LogP contribution in [0.25, 0.3) is 0 Å². The Balaban J connectivity index is 2.06. The first-order chi connectivity index (χ1) is 13.1. The molecule has 5 heteroatoms. The Hall–Kier alpha value is -1.78. The van der Waals surface area contributed by atoms with E-state index in [1.165, 1.54) is 11.1 Å². The number of phenolic OH excluding ortho intramolecular Hbond substituents is 1. The summed E-state index contributed by atoms with van der Waals surface area (Å²) in [6.07, 6.45) is 8.14. The molecule has 0 fully saturated rings. The maximum absolute atomic E-state index is 11.5. The Morgan fingerprint density at radius 1 is 1.29 bits per heavy atom. The Bertz CT molecular complexity index is 802. The topological polar surface area (TPSA) is 66.8 Å². The van der Waals surface area contributed by atoms with Gasteiger partial charge in [0.2, 0.25) is 0 Å². The summed E-state index contributed by atoms with van der Waals surface area (Å²) in [5.74, 6) is 0.279. The van der Waals surface area contributed by atoms with Crippen LogP contribution in [0.1, 0.15) is 74.9 Å². The van der Waals surface area contributed by atoms with Crippen LogP contribution in [0.5, 0.6) is 11.5 Å². The summed E-state index contributed by atoms with van der Waals surface area (Å²) in [4.78, 5) is 11.5. The molecule has 2 unspecified atom stereocenters. The molecule has 2 N–H and O–H groups in total. The van der Waals surface area contributed by atoms with Crippen LogP contribution in [0.4, 0.5) is 0 Å². The number of aldehydes is 1. The van der Waals surface area contributed by atoms with Crippen molar-refractivity contribution in [1.82, 2.24) is 0 Å². The summed E-state index contributed by atoms with van der Waals surface area (Å²) >= 11 is 6.15. The van der Waals surface area contributed by atoms with Gasteiger partial charge in [-0.3, -0.25) is 4.79 Å². The average Bonchev–Trinajstić information content (AvgIpc) is 3.06. The van der Waals surface area contributed by atoms with Gasteiger partial charge in [0.05, 0.1) is 16.2 Å². The third kappa shape index (κ3) is 4.98. The smallest absolute Gasteiger partial charge is 0.154 e.